The van der Waals surface area contributed by atoms with E-state index in [2.05, 4.69) is 0 Å². The molecule has 2 aliphatic heterocycles. The van der Waals surface area contributed by atoms with Gasteiger partial charge in [0.15, 0.2) is 11.4 Å². The fourth-order valence-electron chi connectivity index (χ4n) is 7.67. The molecule has 0 saturated heterocycles. The number of rotatable bonds is 11. The molecule has 282 valence electrons. The van der Waals surface area contributed by atoms with Gasteiger partial charge in [-0.05, 0) is 63.1 Å². The van der Waals surface area contributed by atoms with Gasteiger partial charge in [0.25, 0.3) is 22.9 Å². The molecular formula is C44H42N8O4. The zero-order chi connectivity index (χ0) is 39.1. The Morgan fingerprint density at radius 2 is 0.821 bits per heavy atom. The van der Waals surface area contributed by atoms with E-state index in [1.54, 1.807) is 28.5 Å². The molecule has 4 heterocycles. The summed E-state index contributed by atoms with van der Waals surface area (Å²) >= 11 is 0. The van der Waals surface area contributed by atoms with Crippen LogP contribution in [0.3, 0.4) is 0 Å². The van der Waals surface area contributed by atoms with Gasteiger partial charge in [0, 0.05) is 38.3 Å². The Bertz CT molecular complexity index is 2500. The predicted octanol–water partition coefficient (Wildman–Crippen LogP) is 6.48. The summed E-state index contributed by atoms with van der Waals surface area (Å²) < 4.78 is 6.64. The molecule has 2 amide bonds. The van der Waals surface area contributed by atoms with Crippen molar-refractivity contribution in [2.75, 3.05) is 22.9 Å². The molecule has 0 aliphatic carbocycles. The fourth-order valence-corrected chi connectivity index (χ4v) is 7.67. The van der Waals surface area contributed by atoms with E-state index in [0.29, 0.717) is 35.6 Å². The number of hydrogen-bond acceptors (Lipinski definition) is 6. The van der Waals surface area contributed by atoms with E-state index in [1.807, 2.05) is 137 Å². The van der Waals surface area contributed by atoms with Gasteiger partial charge in [0.2, 0.25) is 0 Å². The van der Waals surface area contributed by atoms with Gasteiger partial charge in [-0.3, -0.25) is 28.5 Å². The van der Waals surface area contributed by atoms with E-state index in [9.17, 15) is 19.2 Å². The van der Waals surface area contributed by atoms with Gasteiger partial charge < -0.3 is 9.80 Å². The highest BCUT2D eigenvalue weighted by Crippen LogP contribution is 2.33. The number of anilines is 2. The smallest absolute Gasteiger partial charge is 0.297 e. The summed E-state index contributed by atoms with van der Waals surface area (Å²) in [4.78, 5) is 68.0. The summed E-state index contributed by atoms with van der Waals surface area (Å²) in [5.41, 5.74) is 6.18. The Kier molecular flexibility index (Phi) is 9.55. The van der Waals surface area contributed by atoms with Crippen LogP contribution < -0.4 is 20.9 Å². The maximum atomic E-state index is 13.9. The normalized spacial score (nSPS) is 15.1. The molecule has 0 bridgehead atoms. The zero-order valence-corrected chi connectivity index (χ0v) is 31.8. The average Bonchev–Trinajstić information content (AvgIpc) is 3.80. The Balaban J connectivity index is 0.937. The molecular weight excluding hydrogens is 705 g/mol. The van der Waals surface area contributed by atoms with Crippen molar-refractivity contribution in [2.45, 2.75) is 39.5 Å². The summed E-state index contributed by atoms with van der Waals surface area (Å²) in [6.45, 7) is 4.66. The Morgan fingerprint density at radius 1 is 0.464 bits per heavy atom. The lowest BCUT2D eigenvalue weighted by atomic mass is 10.1. The Hall–Kier alpha value is -6.82. The number of aliphatic imine (C=N–C) groups is 2. The van der Waals surface area contributed by atoms with Gasteiger partial charge in [-0.1, -0.05) is 85.6 Å². The number of fused-ring (bicyclic) bond motifs is 2. The third kappa shape index (κ3) is 6.12. The second-order valence-electron chi connectivity index (χ2n) is 14.1. The van der Waals surface area contributed by atoms with Gasteiger partial charge in [-0.2, -0.15) is 0 Å². The number of hydrogen-bond donors (Lipinski definition) is 0. The number of para-hydroxylation sites is 4. The van der Waals surface area contributed by atoms with Crippen molar-refractivity contribution in [3.63, 3.8) is 0 Å². The van der Waals surface area contributed by atoms with Gasteiger partial charge in [0.1, 0.15) is 11.4 Å². The van der Waals surface area contributed by atoms with Crippen LogP contribution in [0, 0.1) is 13.8 Å². The van der Waals surface area contributed by atoms with E-state index >= 15 is 0 Å². The molecule has 12 heteroatoms. The summed E-state index contributed by atoms with van der Waals surface area (Å²) in [5.74, 6) is -0.453. The molecule has 56 heavy (non-hydrogen) atoms. The van der Waals surface area contributed by atoms with Crippen molar-refractivity contribution < 1.29 is 9.59 Å². The number of benzene rings is 4. The van der Waals surface area contributed by atoms with E-state index in [1.165, 1.54) is 0 Å². The molecule has 0 spiro atoms. The molecule has 2 aromatic heterocycles. The third-order valence-corrected chi connectivity index (χ3v) is 10.8. The standard InChI is InChI=1S/C44H42N8O4/c1-29-37(43(55)51(47(29)3)31-19-9-7-10-20-31)45-39-33-23-13-15-25-35(33)49(41(39)53)27-17-5-6-18-28-50-36-26-16-14-24-34(36)40(42(50)54)46-38-30(2)48(4)52(44(38)56)32-21-11-8-12-22-32/h7-16,19-26H,5-6,17-18,27-28H2,1-4H3. The number of carbonyl (C=O) groups is 2. The number of aromatic nitrogens is 4. The number of amides is 2. The van der Waals surface area contributed by atoms with Crippen LogP contribution in [0.15, 0.2) is 129 Å². The highest BCUT2D eigenvalue weighted by atomic mass is 16.2. The lowest BCUT2D eigenvalue weighted by Crippen LogP contribution is -2.31. The fraction of sp³-hybridized carbons (Fsp3) is 0.227. The van der Waals surface area contributed by atoms with Crippen molar-refractivity contribution in [2.24, 2.45) is 24.1 Å². The molecule has 0 fully saturated rings. The number of carbonyl (C=O) groups excluding carboxylic acids is 2. The van der Waals surface area contributed by atoms with Crippen LogP contribution in [-0.4, -0.2) is 55.1 Å². The average molecular weight is 747 g/mol. The zero-order valence-electron chi connectivity index (χ0n) is 31.8. The summed E-state index contributed by atoms with van der Waals surface area (Å²) in [7, 11) is 3.62. The highest BCUT2D eigenvalue weighted by molar-refractivity contribution is 6.55. The third-order valence-electron chi connectivity index (χ3n) is 10.8. The van der Waals surface area contributed by atoms with E-state index < -0.39 is 0 Å². The van der Waals surface area contributed by atoms with Crippen molar-refractivity contribution in [1.29, 1.82) is 0 Å². The quantitative estimate of drug-likeness (QED) is 0.141. The maximum Gasteiger partial charge on any atom is 0.297 e. The molecule has 0 unspecified atom stereocenters. The lowest BCUT2D eigenvalue weighted by Gasteiger charge is -2.18. The first kappa shape index (κ1) is 36.2. The van der Waals surface area contributed by atoms with Gasteiger partial charge >= 0.3 is 0 Å². The SMILES string of the molecule is Cc1c(N=C2C(=O)N(CCCCCCN3C(=O)C(=Nc4c(C)n(C)n(-c5ccccc5)c4=O)c4ccccc43)c3ccccc32)c(=O)n(-c2ccccc2)n1C. The van der Waals surface area contributed by atoms with E-state index in [4.69, 9.17) is 9.98 Å². The van der Waals surface area contributed by atoms with Crippen molar-refractivity contribution >= 4 is 46.0 Å². The molecule has 0 radical (unpaired) electrons. The molecule has 0 atom stereocenters. The molecule has 2 aliphatic rings. The topological polar surface area (TPSA) is 119 Å². The van der Waals surface area contributed by atoms with Crippen LogP contribution in [0.4, 0.5) is 22.7 Å². The first-order chi connectivity index (χ1) is 27.2. The minimum absolute atomic E-state index is 0.227. The predicted molar refractivity (Wildman–Crippen MR) is 220 cm³/mol. The van der Waals surface area contributed by atoms with Crippen LogP contribution in [0.2, 0.25) is 0 Å². The molecule has 12 nitrogen and oxygen atoms in total. The summed E-state index contributed by atoms with van der Waals surface area (Å²) in [6, 6.07) is 33.9. The van der Waals surface area contributed by atoms with Crippen LogP contribution in [0.1, 0.15) is 48.2 Å². The van der Waals surface area contributed by atoms with Crippen molar-refractivity contribution in [3.05, 3.63) is 152 Å². The minimum atomic E-state index is -0.286. The molecule has 0 N–H and O–H groups in total. The van der Waals surface area contributed by atoms with Gasteiger partial charge in [-0.25, -0.2) is 19.3 Å². The maximum absolute atomic E-state index is 13.9. The van der Waals surface area contributed by atoms with Crippen molar-refractivity contribution in [1.82, 2.24) is 18.7 Å². The second kappa shape index (κ2) is 14.8. The number of nitrogens with zero attached hydrogens (tertiary/aromatic N) is 8. The Labute approximate surface area is 323 Å². The molecule has 4 aromatic carbocycles. The highest BCUT2D eigenvalue weighted by Gasteiger charge is 2.36. The summed E-state index contributed by atoms with van der Waals surface area (Å²) in [5, 5.41) is 0. The van der Waals surface area contributed by atoms with E-state index in [0.717, 1.165) is 48.4 Å². The monoisotopic (exact) mass is 746 g/mol. The van der Waals surface area contributed by atoms with Crippen molar-refractivity contribution in [3.8, 4) is 11.4 Å². The molecule has 6 aromatic rings. The largest absolute Gasteiger partial charge is 0.306 e. The molecule has 0 saturated carbocycles. The van der Waals surface area contributed by atoms with Crippen LogP contribution >= 0.6 is 0 Å². The lowest BCUT2D eigenvalue weighted by molar-refractivity contribution is -0.113. The molecule has 8 rings (SSSR count). The van der Waals surface area contributed by atoms with Crippen LogP contribution in [0.25, 0.3) is 11.4 Å². The van der Waals surface area contributed by atoms with Crippen LogP contribution in [-0.2, 0) is 23.7 Å². The van der Waals surface area contributed by atoms with Gasteiger partial charge in [0.05, 0.1) is 34.1 Å². The first-order valence-electron chi connectivity index (χ1n) is 18.8. The minimum Gasteiger partial charge on any atom is -0.306 e. The second-order valence-corrected chi connectivity index (χ2v) is 14.1. The first-order valence-corrected chi connectivity index (χ1v) is 18.8. The number of unbranched alkanes of at least 4 members (excludes halogenated alkanes) is 3. The van der Waals surface area contributed by atoms with Crippen LogP contribution in [0.5, 0.6) is 0 Å². The Morgan fingerprint density at radius 3 is 1.21 bits per heavy atom. The van der Waals surface area contributed by atoms with Gasteiger partial charge in [-0.15, -0.1) is 0 Å². The summed E-state index contributed by atoms with van der Waals surface area (Å²) in [6.07, 6.45) is 3.17. The van der Waals surface area contributed by atoms with E-state index in [-0.39, 0.29) is 45.7 Å².